The first-order valence-electron chi connectivity index (χ1n) is 9.95. The molecule has 1 N–H and O–H groups in total. The van der Waals surface area contributed by atoms with Crippen LogP contribution in [-0.4, -0.2) is 40.1 Å². The first-order valence-corrected chi connectivity index (χ1v) is 9.95. The highest BCUT2D eigenvalue weighted by Gasteiger charge is 2.35. The molecular formula is C22H30N2O4. The van der Waals surface area contributed by atoms with Crippen LogP contribution < -0.4 is 4.74 Å². The van der Waals surface area contributed by atoms with Gasteiger partial charge in [0, 0.05) is 12.6 Å². The van der Waals surface area contributed by atoms with Crippen LogP contribution in [0.1, 0.15) is 74.2 Å². The molecule has 0 radical (unpaired) electrons. The van der Waals surface area contributed by atoms with Gasteiger partial charge in [-0.15, -0.1) is 0 Å². The number of amides is 1. The molecule has 1 saturated heterocycles. The third kappa shape index (κ3) is 4.07. The average Bonchev–Trinajstić information content (AvgIpc) is 3.04. The number of carbonyl (C=O) groups excluding carboxylic acids is 1. The number of aryl methyl sites for hydroxylation is 1. The monoisotopic (exact) mass is 386 g/mol. The van der Waals surface area contributed by atoms with Crippen LogP contribution in [0.25, 0.3) is 0 Å². The van der Waals surface area contributed by atoms with Crippen LogP contribution >= 0.6 is 0 Å². The molecule has 1 amide bonds. The summed E-state index contributed by atoms with van der Waals surface area (Å²) in [6, 6.07) is 7.50. The molecule has 1 aliphatic heterocycles. The molecule has 1 aliphatic rings. The molecule has 28 heavy (non-hydrogen) atoms. The van der Waals surface area contributed by atoms with Gasteiger partial charge < -0.3 is 19.2 Å². The van der Waals surface area contributed by atoms with Crippen molar-refractivity contribution in [2.45, 2.75) is 65.0 Å². The molecule has 2 aromatic rings. The fourth-order valence-electron chi connectivity index (χ4n) is 3.83. The molecule has 3 rings (SSSR count). The number of piperidine rings is 1. The summed E-state index contributed by atoms with van der Waals surface area (Å²) in [6.45, 7) is 10.2. The van der Waals surface area contributed by atoms with Crippen LogP contribution in [0.15, 0.2) is 28.7 Å². The molecule has 0 aliphatic carbocycles. The smallest absolute Gasteiger partial charge is 0.257 e. The quantitative estimate of drug-likeness (QED) is 0.840. The van der Waals surface area contributed by atoms with Crippen LogP contribution in [0.2, 0.25) is 0 Å². The lowest BCUT2D eigenvalue weighted by Gasteiger charge is -2.37. The summed E-state index contributed by atoms with van der Waals surface area (Å²) in [5, 5.41) is 10.3. The Morgan fingerprint density at radius 1 is 1.36 bits per heavy atom. The number of para-hydroxylation sites is 1. The fraction of sp³-hybridized carbons (Fsp3) is 0.545. The number of hydrogen-bond donors (Lipinski definition) is 1. The molecule has 0 saturated carbocycles. The van der Waals surface area contributed by atoms with Crippen molar-refractivity contribution in [3.05, 3.63) is 47.2 Å². The van der Waals surface area contributed by atoms with Gasteiger partial charge in [0.2, 0.25) is 0 Å². The van der Waals surface area contributed by atoms with Crippen molar-refractivity contribution in [3.63, 3.8) is 0 Å². The summed E-state index contributed by atoms with van der Waals surface area (Å²) in [5.74, 6) is 1.81. The van der Waals surface area contributed by atoms with Crippen LogP contribution in [0, 0.1) is 6.92 Å². The number of likely N-dealkylation sites (tertiary alicyclic amines) is 1. The molecular weight excluding hydrogens is 356 g/mol. The minimum atomic E-state index is -1.06. The van der Waals surface area contributed by atoms with E-state index in [2.05, 4.69) is 11.9 Å². The highest BCUT2D eigenvalue weighted by molar-refractivity contribution is 5.97. The van der Waals surface area contributed by atoms with Crippen molar-refractivity contribution in [1.29, 1.82) is 0 Å². The Kier molecular flexibility index (Phi) is 5.79. The van der Waals surface area contributed by atoms with Gasteiger partial charge in [-0.2, -0.15) is 0 Å². The number of oxazole rings is 1. The molecule has 6 heteroatoms. The van der Waals surface area contributed by atoms with Gasteiger partial charge in [-0.25, -0.2) is 4.98 Å². The number of benzene rings is 1. The number of rotatable bonds is 5. The molecule has 0 bridgehead atoms. The lowest BCUT2D eigenvalue weighted by atomic mass is 9.92. The molecule has 2 heterocycles. The Morgan fingerprint density at radius 3 is 2.71 bits per heavy atom. The topological polar surface area (TPSA) is 75.8 Å². The van der Waals surface area contributed by atoms with Crippen molar-refractivity contribution in [2.24, 2.45) is 0 Å². The predicted octanol–water partition coefficient (Wildman–Crippen LogP) is 4.02. The normalized spacial score (nSPS) is 20.3. The summed E-state index contributed by atoms with van der Waals surface area (Å²) >= 11 is 0. The van der Waals surface area contributed by atoms with E-state index in [0.717, 1.165) is 12.8 Å². The molecule has 2 atom stereocenters. The van der Waals surface area contributed by atoms with E-state index in [1.807, 2.05) is 43.0 Å². The maximum absolute atomic E-state index is 13.3. The Balaban J connectivity index is 1.85. The fourth-order valence-corrected chi connectivity index (χ4v) is 3.83. The third-order valence-corrected chi connectivity index (χ3v) is 5.30. The molecule has 1 fully saturated rings. The maximum atomic E-state index is 13.3. The summed E-state index contributed by atoms with van der Waals surface area (Å²) in [7, 11) is 0. The average molecular weight is 386 g/mol. The molecule has 1 aromatic carbocycles. The van der Waals surface area contributed by atoms with Crippen molar-refractivity contribution in [1.82, 2.24) is 9.88 Å². The highest BCUT2D eigenvalue weighted by atomic mass is 16.5. The van der Waals surface area contributed by atoms with Crippen LogP contribution in [-0.2, 0) is 5.60 Å². The Morgan fingerprint density at radius 2 is 2.07 bits per heavy atom. The van der Waals surface area contributed by atoms with Crippen LogP contribution in [0.3, 0.4) is 0 Å². The van der Waals surface area contributed by atoms with E-state index in [4.69, 9.17) is 9.15 Å². The Hall–Kier alpha value is -2.34. The molecule has 0 spiro atoms. The van der Waals surface area contributed by atoms with Crippen molar-refractivity contribution >= 4 is 5.91 Å². The van der Waals surface area contributed by atoms with Gasteiger partial charge in [-0.1, -0.05) is 12.1 Å². The predicted molar refractivity (Wildman–Crippen MR) is 107 cm³/mol. The molecule has 152 valence electrons. The van der Waals surface area contributed by atoms with Crippen molar-refractivity contribution < 1.29 is 19.1 Å². The Bertz CT molecular complexity index is 837. The summed E-state index contributed by atoms with van der Waals surface area (Å²) in [6.07, 6.45) is 1.76. The zero-order valence-corrected chi connectivity index (χ0v) is 17.4. The number of carbonyl (C=O) groups is 1. The number of nitrogens with zero attached hydrogens (tertiary/aromatic N) is 2. The zero-order chi connectivity index (χ0) is 20.5. The third-order valence-electron chi connectivity index (χ3n) is 5.30. The van der Waals surface area contributed by atoms with Gasteiger partial charge in [0.05, 0.1) is 18.1 Å². The van der Waals surface area contributed by atoms with E-state index in [1.54, 1.807) is 13.8 Å². The number of ether oxygens (including phenoxy) is 1. The van der Waals surface area contributed by atoms with Gasteiger partial charge in [-0.3, -0.25) is 4.79 Å². The minimum absolute atomic E-state index is 0.00852. The SMILES string of the molecule is CCOc1ccccc1C(=O)N1C[C@H](c2nc(C(C)(C)O)c(C)o2)CC[C@H]1C. The van der Waals surface area contributed by atoms with Crippen LogP contribution in [0.4, 0.5) is 0 Å². The standard InChI is InChI=1S/C22H30N2O4/c1-6-27-18-10-8-7-9-17(18)21(25)24-13-16(12-11-14(24)2)20-23-19(15(3)28-20)22(4,5)26/h7-10,14,16,26H,6,11-13H2,1-5H3/t14-,16-/m1/s1. The first kappa shape index (κ1) is 20.4. The molecule has 6 nitrogen and oxygen atoms in total. The van der Waals surface area contributed by atoms with Gasteiger partial charge in [0.25, 0.3) is 5.91 Å². The highest BCUT2D eigenvalue weighted by Crippen LogP contribution is 2.34. The van der Waals surface area contributed by atoms with E-state index >= 15 is 0 Å². The van der Waals surface area contributed by atoms with E-state index in [0.29, 0.717) is 41.8 Å². The number of aliphatic hydroxyl groups is 1. The lowest BCUT2D eigenvalue weighted by molar-refractivity contribution is 0.0590. The lowest BCUT2D eigenvalue weighted by Crippen LogP contribution is -2.45. The minimum Gasteiger partial charge on any atom is -0.493 e. The Labute approximate surface area is 166 Å². The van der Waals surface area contributed by atoms with E-state index < -0.39 is 5.60 Å². The largest absolute Gasteiger partial charge is 0.493 e. The van der Waals surface area contributed by atoms with Crippen molar-refractivity contribution in [2.75, 3.05) is 13.2 Å². The van der Waals surface area contributed by atoms with E-state index in [9.17, 15) is 9.90 Å². The van der Waals surface area contributed by atoms with Gasteiger partial charge in [0.15, 0.2) is 5.89 Å². The van der Waals surface area contributed by atoms with Gasteiger partial charge in [-0.05, 0) is 59.6 Å². The number of aromatic nitrogens is 1. The van der Waals surface area contributed by atoms with E-state index in [-0.39, 0.29) is 17.9 Å². The summed E-state index contributed by atoms with van der Waals surface area (Å²) in [5.41, 5.74) is 0.0815. The van der Waals surface area contributed by atoms with Gasteiger partial charge >= 0.3 is 0 Å². The van der Waals surface area contributed by atoms with Crippen LogP contribution in [0.5, 0.6) is 5.75 Å². The molecule has 1 aromatic heterocycles. The zero-order valence-electron chi connectivity index (χ0n) is 17.4. The maximum Gasteiger partial charge on any atom is 0.257 e. The summed E-state index contributed by atoms with van der Waals surface area (Å²) < 4.78 is 11.5. The number of hydrogen-bond acceptors (Lipinski definition) is 5. The van der Waals surface area contributed by atoms with Gasteiger partial charge in [0.1, 0.15) is 22.8 Å². The summed E-state index contributed by atoms with van der Waals surface area (Å²) in [4.78, 5) is 19.7. The second kappa shape index (κ2) is 7.95. The van der Waals surface area contributed by atoms with Crippen molar-refractivity contribution in [3.8, 4) is 5.75 Å². The molecule has 0 unspecified atom stereocenters. The second-order valence-corrected chi connectivity index (χ2v) is 8.03. The second-order valence-electron chi connectivity index (χ2n) is 8.03. The first-order chi connectivity index (χ1) is 13.2. The van der Waals surface area contributed by atoms with E-state index in [1.165, 1.54) is 0 Å².